The highest BCUT2D eigenvalue weighted by Gasteiger charge is 2.31. The van der Waals surface area contributed by atoms with Gasteiger partial charge in [0.1, 0.15) is 23.2 Å². The molecule has 1 aromatic heterocycles. The quantitative estimate of drug-likeness (QED) is 0.334. The fourth-order valence-corrected chi connectivity index (χ4v) is 3.64. The molecule has 1 fully saturated rings. The topological polar surface area (TPSA) is 115 Å². The minimum Gasteiger partial charge on any atom is -0.461 e. The second-order valence-corrected chi connectivity index (χ2v) is 8.30. The van der Waals surface area contributed by atoms with Crippen LogP contribution in [0.1, 0.15) is 37.9 Å². The van der Waals surface area contributed by atoms with Crippen LogP contribution >= 0.6 is 0 Å². The van der Waals surface area contributed by atoms with Crippen molar-refractivity contribution in [3.63, 3.8) is 0 Å². The number of carbonyl (C=O) groups is 2. The molecule has 3 aromatic rings. The molecule has 1 atom stereocenters. The molecule has 2 N–H and O–H groups in total. The van der Waals surface area contributed by atoms with E-state index in [-0.39, 0.29) is 18.4 Å². The molecule has 1 aliphatic carbocycles. The average Bonchev–Trinajstić information content (AvgIpc) is 3.64. The van der Waals surface area contributed by atoms with Crippen molar-refractivity contribution in [2.75, 3.05) is 11.9 Å². The molecule has 1 heterocycles. The molecule has 4 rings (SSSR count). The second kappa shape index (κ2) is 9.91. The van der Waals surface area contributed by atoms with Gasteiger partial charge in [0.05, 0.1) is 6.61 Å². The number of esters is 1. The molecule has 176 valence electrons. The van der Waals surface area contributed by atoms with E-state index in [0.29, 0.717) is 28.6 Å². The van der Waals surface area contributed by atoms with Crippen molar-refractivity contribution in [3.05, 3.63) is 59.8 Å². The number of nitrogens with zero attached hydrogens (tertiary/aromatic N) is 1. The van der Waals surface area contributed by atoms with E-state index in [1.165, 1.54) is 0 Å². The average molecular weight is 462 g/mol. The summed E-state index contributed by atoms with van der Waals surface area (Å²) in [4.78, 5) is 24.1. The maximum absolute atomic E-state index is 12.3. The Morgan fingerprint density at radius 3 is 2.26 bits per heavy atom. The molecule has 8 heteroatoms. The smallest absolute Gasteiger partial charge is 0.412 e. The summed E-state index contributed by atoms with van der Waals surface area (Å²) in [5.74, 6) is 0.265. The minimum absolute atomic E-state index is 0.115. The van der Waals surface area contributed by atoms with Crippen molar-refractivity contribution in [3.8, 4) is 22.5 Å². The van der Waals surface area contributed by atoms with Crippen molar-refractivity contribution in [2.45, 2.75) is 39.7 Å². The summed E-state index contributed by atoms with van der Waals surface area (Å²) < 4.78 is 15.8. The van der Waals surface area contributed by atoms with Gasteiger partial charge in [0.15, 0.2) is 5.76 Å². The van der Waals surface area contributed by atoms with Crippen molar-refractivity contribution >= 4 is 23.5 Å². The molecule has 1 unspecified atom stereocenters. The first kappa shape index (κ1) is 23.2. The molecule has 0 saturated heterocycles. The first-order chi connectivity index (χ1) is 16.4. The van der Waals surface area contributed by atoms with Crippen LogP contribution in [0, 0.1) is 18.3 Å². The standard InChI is InChI=1S/C26H27N3O5/c1-4-32-25(30)22(27)20-11-7-18(8-12-20)19-9-13-21(14-10-19)24-23(15(2)29-34-24)28-26(31)33-16(3)17-5-6-17/h7-14,16-17,27H,4-6H2,1-3H3,(H,28,31). The Morgan fingerprint density at radius 2 is 1.68 bits per heavy atom. The van der Waals surface area contributed by atoms with Crippen LogP contribution in [0.5, 0.6) is 0 Å². The lowest BCUT2D eigenvalue weighted by Crippen LogP contribution is -2.21. The summed E-state index contributed by atoms with van der Waals surface area (Å²) in [5, 5.41) is 14.7. The van der Waals surface area contributed by atoms with Gasteiger partial charge in [-0.25, -0.2) is 9.59 Å². The van der Waals surface area contributed by atoms with Crippen molar-refractivity contribution in [1.82, 2.24) is 5.16 Å². The number of ether oxygens (including phenoxy) is 2. The van der Waals surface area contributed by atoms with Gasteiger partial charge in [-0.2, -0.15) is 0 Å². The number of carbonyl (C=O) groups excluding carboxylic acids is 2. The van der Waals surface area contributed by atoms with Gasteiger partial charge in [-0.3, -0.25) is 10.7 Å². The van der Waals surface area contributed by atoms with Crippen molar-refractivity contribution in [1.29, 1.82) is 5.41 Å². The van der Waals surface area contributed by atoms with Crippen LogP contribution in [0.2, 0.25) is 0 Å². The highest BCUT2D eigenvalue weighted by Crippen LogP contribution is 2.35. The van der Waals surface area contributed by atoms with Crippen LogP contribution in [0.4, 0.5) is 10.5 Å². The lowest BCUT2D eigenvalue weighted by molar-refractivity contribution is -0.135. The SMILES string of the molecule is CCOC(=O)C(=N)c1ccc(-c2ccc(-c3onc(C)c3NC(=O)OC(C)C3CC3)cc2)cc1. The first-order valence-corrected chi connectivity index (χ1v) is 11.3. The molecular formula is C26H27N3O5. The third-order valence-electron chi connectivity index (χ3n) is 5.80. The molecule has 1 amide bonds. The van der Waals surface area contributed by atoms with Crippen LogP contribution in [-0.4, -0.2) is 35.6 Å². The van der Waals surface area contributed by atoms with Crippen LogP contribution in [0.3, 0.4) is 0 Å². The predicted molar refractivity (Wildman–Crippen MR) is 128 cm³/mol. The van der Waals surface area contributed by atoms with E-state index in [2.05, 4.69) is 10.5 Å². The van der Waals surface area contributed by atoms with Crippen LogP contribution in [0.15, 0.2) is 53.1 Å². The monoisotopic (exact) mass is 461 g/mol. The van der Waals surface area contributed by atoms with E-state index in [1.54, 1.807) is 26.0 Å². The summed E-state index contributed by atoms with van der Waals surface area (Å²) in [6, 6.07) is 14.8. The number of rotatable bonds is 8. The van der Waals surface area contributed by atoms with E-state index < -0.39 is 12.1 Å². The highest BCUT2D eigenvalue weighted by atomic mass is 16.6. The molecule has 0 bridgehead atoms. The van der Waals surface area contributed by atoms with Gasteiger partial charge in [0.2, 0.25) is 0 Å². The fraction of sp³-hybridized carbons (Fsp3) is 0.308. The fourth-order valence-electron chi connectivity index (χ4n) is 3.64. The number of hydrogen-bond acceptors (Lipinski definition) is 7. The molecule has 8 nitrogen and oxygen atoms in total. The molecule has 34 heavy (non-hydrogen) atoms. The summed E-state index contributed by atoms with van der Waals surface area (Å²) in [6.07, 6.45) is 1.55. The number of anilines is 1. The Bertz CT molecular complexity index is 1190. The number of benzene rings is 2. The lowest BCUT2D eigenvalue weighted by Gasteiger charge is -2.13. The van der Waals surface area contributed by atoms with Gasteiger partial charge in [0.25, 0.3) is 0 Å². The Labute approximate surface area is 197 Å². The molecule has 1 saturated carbocycles. The molecule has 1 aliphatic rings. The highest BCUT2D eigenvalue weighted by molar-refractivity contribution is 6.41. The molecule has 0 aliphatic heterocycles. The largest absolute Gasteiger partial charge is 0.461 e. The van der Waals surface area contributed by atoms with Gasteiger partial charge in [-0.15, -0.1) is 0 Å². The maximum Gasteiger partial charge on any atom is 0.412 e. The first-order valence-electron chi connectivity index (χ1n) is 11.3. The zero-order valence-electron chi connectivity index (χ0n) is 19.4. The van der Waals surface area contributed by atoms with Gasteiger partial charge in [0, 0.05) is 11.1 Å². The Hall–Kier alpha value is -3.94. The van der Waals surface area contributed by atoms with Crippen molar-refractivity contribution in [2.24, 2.45) is 5.92 Å². The van der Waals surface area contributed by atoms with E-state index in [9.17, 15) is 9.59 Å². The van der Waals surface area contributed by atoms with E-state index >= 15 is 0 Å². The molecule has 0 radical (unpaired) electrons. The zero-order chi connectivity index (χ0) is 24.2. The number of hydrogen-bond donors (Lipinski definition) is 2. The maximum atomic E-state index is 12.3. The number of aromatic nitrogens is 1. The second-order valence-electron chi connectivity index (χ2n) is 8.30. The van der Waals surface area contributed by atoms with Crippen LogP contribution in [-0.2, 0) is 14.3 Å². The van der Waals surface area contributed by atoms with Gasteiger partial charge >= 0.3 is 12.1 Å². The Morgan fingerprint density at radius 1 is 1.09 bits per heavy atom. The summed E-state index contributed by atoms with van der Waals surface area (Å²) >= 11 is 0. The van der Waals surface area contributed by atoms with Gasteiger partial charge < -0.3 is 14.0 Å². The summed E-state index contributed by atoms with van der Waals surface area (Å²) in [5.41, 5.74) is 4.01. The third-order valence-corrected chi connectivity index (χ3v) is 5.80. The normalized spacial score (nSPS) is 13.7. The number of aryl methyl sites for hydroxylation is 1. The van der Waals surface area contributed by atoms with Crippen LogP contribution in [0.25, 0.3) is 22.5 Å². The lowest BCUT2D eigenvalue weighted by atomic mass is 10.0. The van der Waals surface area contributed by atoms with E-state index in [4.69, 9.17) is 19.4 Å². The number of amides is 1. The minimum atomic E-state index is -0.641. The summed E-state index contributed by atoms with van der Waals surface area (Å²) in [6.45, 7) is 5.60. The van der Waals surface area contributed by atoms with Crippen LogP contribution < -0.4 is 5.32 Å². The zero-order valence-corrected chi connectivity index (χ0v) is 19.4. The van der Waals surface area contributed by atoms with Gasteiger partial charge in [-0.1, -0.05) is 53.7 Å². The molecule has 2 aromatic carbocycles. The van der Waals surface area contributed by atoms with E-state index in [1.807, 2.05) is 43.3 Å². The molecular weight excluding hydrogens is 434 g/mol. The third kappa shape index (κ3) is 5.17. The molecule has 0 spiro atoms. The van der Waals surface area contributed by atoms with Crippen molar-refractivity contribution < 1.29 is 23.6 Å². The number of nitrogens with one attached hydrogen (secondary N) is 2. The summed E-state index contributed by atoms with van der Waals surface area (Å²) in [7, 11) is 0. The Balaban J connectivity index is 1.47. The van der Waals surface area contributed by atoms with E-state index in [0.717, 1.165) is 29.5 Å². The Kier molecular flexibility index (Phi) is 6.77. The predicted octanol–water partition coefficient (Wildman–Crippen LogP) is 5.59. The van der Waals surface area contributed by atoms with Gasteiger partial charge in [-0.05, 0) is 50.7 Å².